The molecule has 0 amide bonds. The SMILES string of the molecule is CCOC(=O)C1CCC(OC(C(=O)OC(C)(C)C)(N2CCCC2)N2CCN(CC(F)(F)F)CC2)CC1. The zero-order valence-corrected chi connectivity index (χ0v) is 22.1. The van der Waals surface area contributed by atoms with Crippen LogP contribution in [0.5, 0.6) is 0 Å². The van der Waals surface area contributed by atoms with Gasteiger partial charge in [0, 0.05) is 39.3 Å². The van der Waals surface area contributed by atoms with Crippen LogP contribution in [-0.4, -0.2) is 103 Å². The van der Waals surface area contributed by atoms with Crippen molar-refractivity contribution >= 4 is 11.9 Å². The first-order valence-corrected chi connectivity index (χ1v) is 13.2. The Morgan fingerprint density at radius 1 is 0.861 bits per heavy atom. The van der Waals surface area contributed by atoms with Gasteiger partial charge < -0.3 is 14.2 Å². The highest BCUT2D eigenvalue weighted by Gasteiger charge is 2.56. The first kappa shape index (κ1) is 29.1. The van der Waals surface area contributed by atoms with Crippen molar-refractivity contribution in [3.8, 4) is 0 Å². The van der Waals surface area contributed by atoms with E-state index in [-0.39, 0.29) is 44.2 Å². The van der Waals surface area contributed by atoms with E-state index in [2.05, 4.69) is 0 Å². The molecule has 0 radical (unpaired) electrons. The number of halogens is 3. The van der Waals surface area contributed by atoms with Gasteiger partial charge in [-0.25, -0.2) is 4.79 Å². The second-order valence-electron chi connectivity index (χ2n) is 11.0. The lowest BCUT2D eigenvalue weighted by Crippen LogP contribution is -2.71. The first-order chi connectivity index (χ1) is 16.8. The van der Waals surface area contributed by atoms with Crippen LogP contribution in [0.1, 0.15) is 66.2 Å². The van der Waals surface area contributed by atoms with Gasteiger partial charge in [0.25, 0.3) is 5.85 Å². The monoisotopic (exact) mass is 521 g/mol. The Bertz CT molecular complexity index is 738. The normalized spacial score (nSPS) is 27.0. The smallest absolute Gasteiger partial charge is 0.401 e. The molecule has 2 heterocycles. The minimum Gasteiger partial charge on any atom is -0.466 e. The highest BCUT2D eigenvalue weighted by atomic mass is 19.4. The summed E-state index contributed by atoms with van der Waals surface area (Å²) >= 11 is 0. The van der Waals surface area contributed by atoms with Crippen LogP contribution in [0.4, 0.5) is 13.2 Å². The number of nitrogens with zero attached hydrogens (tertiary/aromatic N) is 3. The van der Waals surface area contributed by atoms with Crippen molar-refractivity contribution in [2.75, 3.05) is 52.4 Å². The van der Waals surface area contributed by atoms with Crippen molar-refractivity contribution in [1.29, 1.82) is 0 Å². The number of hydrogen-bond acceptors (Lipinski definition) is 8. The van der Waals surface area contributed by atoms with Gasteiger partial charge in [-0.05, 0) is 66.2 Å². The summed E-state index contributed by atoms with van der Waals surface area (Å²) in [7, 11) is 0. The molecule has 208 valence electrons. The summed E-state index contributed by atoms with van der Waals surface area (Å²) < 4.78 is 56.7. The van der Waals surface area contributed by atoms with Gasteiger partial charge in [-0.1, -0.05) is 0 Å². The van der Waals surface area contributed by atoms with Crippen molar-refractivity contribution in [2.45, 2.75) is 90.0 Å². The Hall–Kier alpha value is -1.43. The number of alkyl halides is 3. The van der Waals surface area contributed by atoms with Crippen molar-refractivity contribution < 1.29 is 37.0 Å². The molecular weight excluding hydrogens is 479 g/mol. The number of rotatable bonds is 8. The second kappa shape index (κ2) is 12.0. The molecule has 3 aliphatic rings. The number of piperazine rings is 1. The third kappa shape index (κ3) is 7.55. The molecule has 0 spiro atoms. The van der Waals surface area contributed by atoms with Gasteiger partial charge in [-0.15, -0.1) is 0 Å². The van der Waals surface area contributed by atoms with Crippen LogP contribution in [0, 0.1) is 5.92 Å². The third-order valence-corrected chi connectivity index (χ3v) is 7.03. The first-order valence-electron chi connectivity index (χ1n) is 13.2. The van der Waals surface area contributed by atoms with Crippen molar-refractivity contribution in [3.63, 3.8) is 0 Å². The summed E-state index contributed by atoms with van der Waals surface area (Å²) in [6, 6.07) is 0. The molecule has 36 heavy (non-hydrogen) atoms. The Balaban J connectivity index is 1.83. The fourth-order valence-electron chi connectivity index (χ4n) is 5.39. The van der Waals surface area contributed by atoms with Crippen LogP contribution in [0.25, 0.3) is 0 Å². The molecule has 1 unspecified atom stereocenters. The Kier molecular flexibility index (Phi) is 9.68. The van der Waals surface area contributed by atoms with Gasteiger partial charge in [-0.2, -0.15) is 13.2 Å². The Morgan fingerprint density at radius 3 is 1.92 bits per heavy atom. The van der Waals surface area contributed by atoms with E-state index in [0.717, 1.165) is 12.8 Å². The molecule has 2 aliphatic heterocycles. The van der Waals surface area contributed by atoms with Crippen LogP contribution in [0.15, 0.2) is 0 Å². The molecule has 0 aromatic carbocycles. The van der Waals surface area contributed by atoms with Crippen LogP contribution in [-0.2, 0) is 23.8 Å². The summed E-state index contributed by atoms with van der Waals surface area (Å²) in [5.74, 6) is -2.41. The van der Waals surface area contributed by atoms with E-state index in [0.29, 0.717) is 45.4 Å². The predicted octanol–water partition coefficient (Wildman–Crippen LogP) is 3.40. The second-order valence-corrected chi connectivity index (χ2v) is 11.0. The lowest BCUT2D eigenvalue weighted by Gasteiger charge is -2.51. The molecule has 8 nitrogen and oxygen atoms in total. The van der Waals surface area contributed by atoms with Gasteiger partial charge in [-0.3, -0.25) is 19.5 Å². The predicted molar refractivity (Wildman–Crippen MR) is 127 cm³/mol. The molecule has 3 rings (SSSR count). The van der Waals surface area contributed by atoms with E-state index in [9.17, 15) is 22.8 Å². The fraction of sp³-hybridized carbons (Fsp3) is 0.920. The van der Waals surface area contributed by atoms with E-state index in [4.69, 9.17) is 14.2 Å². The standard InChI is InChI=1S/C25H42F3N3O5/c1-5-34-21(32)19-8-10-20(11-9-19)35-25(30-12-6-7-13-30,22(33)36-23(2,3)4)31-16-14-29(15-17-31)18-24(26,27)28/h19-20H,5-18H2,1-4H3. The quantitative estimate of drug-likeness (QED) is 0.450. The molecule has 0 bridgehead atoms. The minimum absolute atomic E-state index is 0.177. The number of likely N-dealkylation sites (tertiary alicyclic amines) is 1. The molecule has 1 saturated carbocycles. The highest BCUT2D eigenvalue weighted by molar-refractivity contribution is 5.79. The van der Waals surface area contributed by atoms with E-state index in [1.165, 1.54) is 4.90 Å². The summed E-state index contributed by atoms with van der Waals surface area (Å²) in [6.45, 7) is 8.69. The fourth-order valence-corrected chi connectivity index (χ4v) is 5.39. The zero-order chi connectivity index (χ0) is 26.6. The van der Waals surface area contributed by atoms with Crippen molar-refractivity contribution in [2.24, 2.45) is 5.92 Å². The van der Waals surface area contributed by atoms with E-state index < -0.39 is 30.1 Å². The summed E-state index contributed by atoms with van der Waals surface area (Å²) in [6.07, 6.45) is -0.355. The molecule has 2 saturated heterocycles. The van der Waals surface area contributed by atoms with Gasteiger partial charge >= 0.3 is 18.1 Å². The Morgan fingerprint density at radius 2 is 1.42 bits per heavy atom. The molecule has 11 heteroatoms. The van der Waals surface area contributed by atoms with Gasteiger partial charge in [0.05, 0.1) is 25.2 Å². The molecular formula is C25H42F3N3O5. The average Bonchev–Trinajstić information content (AvgIpc) is 3.32. The number of hydrogen-bond donors (Lipinski definition) is 0. The average molecular weight is 522 g/mol. The largest absolute Gasteiger partial charge is 0.466 e. The molecule has 1 atom stereocenters. The van der Waals surface area contributed by atoms with Crippen LogP contribution >= 0.6 is 0 Å². The Labute approximate surface area is 212 Å². The van der Waals surface area contributed by atoms with E-state index >= 15 is 0 Å². The number of carbonyl (C=O) groups excluding carboxylic acids is 2. The maximum absolute atomic E-state index is 13.9. The summed E-state index contributed by atoms with van der Waals surface area (Å²) in [5, 5.41) is 0. The van der Waals surface area contributed by atoms with Gasteiger partial charge in [0.15, 0.2) is 0 Å². The lowest BCUT2D eigenvalue weighted by molar-refractivity contribution is -0.282. The number of ether oxygens (including phenoxy) is 3. The lowest BCUT2D eigenvalue weighted by atomic mass is 9.87. The van der Waals surface area contributed by atoms with Crippen molar-refractivity contribution in [1.82, 2.24) is 14.7 Å². The number of esters is 2. The van der Waals surface area contributed by atoms with Crippen LogP contribution < -0.4 is 0 Å². The van der Waals surface area contributed by atoms with Gasteiger partial charge in [0.2, 0.25) is 0 Å². The molecule has 0 aromatic heterocycles. The maximum Gasteiger partial charge on any atom is 0.401 e. The molecule has 0 aromatic rings. The van der Waals surface area contributed by atoms with Gasteiger partial charge in [0.1, 0.15) is 5.60 Å². The summed E-state index contributed by atoms with van der Waals surface area (Å²) in [4.78, 5) is 31.3. The van der Waals surface area contributed by atoms with E-state index in [1.807, 2.05) is 9.80 Å². The molecule has 3 fully saturated rings. The molecule has 1 aliphatic carbocycles. The highest BCUT2D eigenvalue weighted by Crippen LogP contribution is 2.37. The summed E-state index contributed by atoms with van der Waals surface area (Å²) in [5.41, 5.74) is -0.759. The maximum atomic E-state index is 13.9. The topological polar surface area (TPSA) is 71.5 Å². The zero-order valence-electron chi connectivity index (χ0n) is 22.1. The number of carbonyl (C=O) groups is 2. The van der Waals surface area contributed by atoms with E-state index in [1.54, 1.807) is 27.7 Å². The van der Waals surface area contributed by atoms with Crippen LogP contribution in [0.3, 0.4) is 0 Å². The minimum atomic E-state index is -4.27. The molecule has 0 N–H and O–H groups in total. The van der Waals surface area contributed by atoms with Crippen molar-refractivity contribution in [3.05, 3.63) is 0 Å². The van der Waals surface area contributed by atoms with Crippen LogP contribution in [0.2, 0.25) is 0 Å². The third-order valence-electron chi connectivity index (χ3n) is 7.03.